The molecular formula is C28H28FN5O3. The van der Waals surface area contributed by atoms with Gasteiger partial charge in [0.25, 0.3) is 0 Å². The molecule has 0 spiro atoms. The monoisotopic (exact) mass is 501 g/mol. The van der Waals surface area contributed by atoms with Crippen LogP contribution in [0.4, 0.5) is 4.39 Å². The van der Waals surface area contributed by atoms with Crippen LogP contribution in [0, 0.1) is 5.82 Å². The fraction of sp³-hybridized carbons (Fsp3) is 0.286. The second-order valence-corrected chi connectivity index (χ2v) is 9.04. The van der Waals surface area contributed by atoms with Crippen molar-refractivity contribution in [3.05, 3.63) is 95.8 Å². The maximum atomic E-state index is 14.7. The van der Waals surface area contributed by atoms with Gasteiger partial charge >= 0.3 is 0 Å². The largest absolute Gasteiger partial charge is 0.376 e. The predicted molar refractivity (Wildman–Crippen MR) is 136 cm³/mol. The fourth-order valence-corrected chi connectivity index (χ4v) is 4.61. The summed E-state index contributed by atoms with van der Waals surface area (Å²) in [4.78, 5) is 28.9. The van der Waals surface area contributed by atoms with Gasteiger partial charge in [0.1, 0.15) is 23.9 Å². The SMILES string of the molecule is O=C(NCC1CCCO1)C(c1ccccc1)N(Cc1ccccc1F)C(=O)Cn1nnc2ccccc21. The van der Waals surface area contributed by atoms with Crippen LogP contribution in [0.3, 0.4) is 0 Å². The van der Waals surface area contributed by atoms with Gasteiger partial charge < -0.3 is 15.0 Å². The Morgan fingerprint density at radius 3 is 2.59 bits per heavy atom. The van der Waals surface area contributed by atoms with Crippen LogP contribution in [0.25, 0.3) is 11.0 Å². The molecule has 1 saturated heterocycles. The number of ether oxygens (including phenoxy) is 1. The van der Waals surface area contributed by atoms with Crippen LogP contribution in [-0.2, 0) is 27.4 Å². The van der Waals surface area contributed by atoms with E-state index in [1.54, 1.807) is 30.3 Å². The smallest absolute Gasteiger partial charge is 0.247 e. The summed E-state index contributed by atoms with van der Waals surface area (Å²) < 4.78 is 21.9. The van der Waals surface area contributed by atoms with Gasteiger partial charge in [-0.2, -0.15) is 0 Å². The summed E-state index contributed by atoms with van der Waals surface area (Å²) in [5, 5.41) is 11.2. The Bertz CT molecular complexity index is 1370. The molecule has 190 valence electrons. The number of halogens is 1. The summed E-state index contributed by atoms with van der Waals surface area (Å²) in [6, 6.07) is 21.7. The Morgan fingerprint density at radius 1 is 1.05 bits per heavy atom. The lowest BCUT2D eigenvalue weighted by atomic mass is 10.0. The van der Waals surface area contributed by atoms with Crippen molar-refractivity contribution < 1.29 is 18.7 Å². The normalized spacial score (nSPS) is 16.0. The Kier molecular flexibility index (Phi) is 7.51. The van der Waals surface area contributed by atoms with Gasteiger partial charge in [-0.25, -0.2) is 9.07 Å². The summed E-state index contributed by atoms with van der Waals surface area (Å²) in [6.45, 7) is 0.770. The van der Waals surface area contributed by atoms with Crippen LogP contribution in [0.2, 0.25) is 0 Å². The Hall–Kier alpha value is -4.11. The van der Waals surface area contributed by atoms with Gasteiger partial charge in [-0.15, -0.1) is 5.10 Å². The van der Waals surface area contributed by atoms with Crippen LogP contribution in [-0.4, -0.2) is 51.0 Å². The van der Waals surface area contributed by atoms with E-state index in [1.165, 1.54) is 15.6 Å². The van der Waals surface area contributed by atoms with Crippen molar-refractivity contribution in [2.45, 2.75) is 38.1 Å². The first-order chi connectivity index (χ1) is 18.1. The van der Waals surface area contributed by atoms with E-state index in [9.17, 15) is 14.0 Å². The van der Waals surface area contributed by atoms with Crippen molar-refractivity contribution in [1.82, 2.24) is 25.2 Å². The van der Waals surface area contributed by atoms with Crippen LogP contribution in [0.1, 0.15) is 30.0 Å². The van der Waals surface area contributed by atoms with Crippen molar-refractivity contribution in [1.29, 1.82) is 0 Å². The van der Waals surface area contributed by atoms with Gasteiger partial charge in [-0.05, 0) is 36.6 Å². The lowest BCUT2D eigenvalue weighted by molar-refractivity contribution is -0.142. The average Bonchev–Trinajstić information content (AvgIpc) is 3.59. The number of rotatable bonds is 9. The number of nitrogens with zero attached hydrogens (tertiary/aromatic N) is 4. The van der Waals surface area contributed by atoms with Crippen molar-refractivity contribution in [2.75, 3.05) is 13.2 Å². The van der Waals surface area contributed by atoms with Crippen molar-refractivity contribution in [2.24, 2.45) is 0 Å². The van der Waals surface area contributed by atoms with Gasteiger partial charge in [0.15, 0.2) is 0 Å². The van der Waals surface area contributed by atoms with Crippen LogP contribution < -0.4 is 5.32 Å². The van der Waals surface area contributed by atoms with Crippen molar-refractivity contribution in [3.63, 3.8) is 0 Å². The summed E-state index contributed by atoms with van der Waals surface area (Å²) >= 11 is 0. The molecule has 1 N–H and O–H groups in total. The third-order valence-corrected chi connectivity index (χ3v) is 6.53. The number of aromatic nitrogens is 3. The number of benzene rings is 3. The second kappa shape index (κ2) is 11.3. The molecule has 0 radical (unpaired) electrons. The third kappa shape index (κ3) is 5.67. The molecule has 4 aromatic rings. The zero-order valence-electron chi connectivity index (χ0n) is 20.3. The summed E-state index contributed by atoms with van der Waals surface area (Å²) in [5.74, 6) is -1.19. The Labute approximate surface area is 214 Å². The molecule has 37 heavy (non-hydrogen) atoms. The highest BCUT2D eigenvalue weighted by Crippen LogP contribution is 2.26. The first kappa shape index (κ1) is 24.6. The van der Waals surface area contributed by atoms with E-state index < -0.39 is 11.9 Å². The number of nitrogens with one attached hydrogen (secondary N) is 1. The number of amides is 2. The molecule has 2 unspecified atom stereocenters. The van der Waals surface area contributed by atoms with Crippen LogP contribution >= 0.6 is 0 Å². The first-order valence-electron chi connectivity index (χ1n) is 12.4. The topological polar surface area (TPSA) is 89.4 Å². The summed E-state index contributed by atoms with van der Waals surface area (Å²) in [6.07, 6.45) is 1.76. The van der Waals surface area contributed by atoms with Gasteiger partial charge in [0.2, 0.25) is 11.8 Å². The third-order valence-electron chi connectivity index (χ3n) is 6.53. The lowest BCUT2D eigenvalue weighted by Crippen LogP contribution is -2.46. The van der Waals surface area contributed by atoms with Gasteiger partial charge in [0.05, 0.1) is 11.6 Å². The molecule has 1 aliphatic rings. The van der Waals surface area contributed by atoms with Crippen molar-refractivity contribution in [3.8, 4) is 0 Å². The minimum absolute atomic E-state index is 0.0578. The van der Waals surface area contributed by atoms with E-state index in [-0.39, 0.29) is 31.0 Å². The number of hydrogen-bond donors (Lipinski definition) is 1. The maximum absolute atomic E-state index is 14.7. The molecule has 1 aliphatic heterocycles. The van der Waals surface area contributed by atoms with Crippen molar-refractivity contribution >= 4 is 22.8 Å². The lowest BCUT2D eigenvalue weighted by Gasteiger charge is -2.32. The molecule has 8 nitrogen and oxygen atoms in total. The number of para-hydroxylation sites is 1. The minimum atomic E-state index is -0.982. The first-order valence-corrected chi connectivity index (χ1v) is 12.4. The number of hydrogen-bond acceptors (Lipinski definition) is 5. The quantitative estimate of drug-likeness (QED) is 0.378. The van der Waals surface area contributed by atoms with Gasteiger partial charge in [0, 0.05) is 25.3 Å². The van der Waals surface area contributed by atoms with E-state index in [4.69, 9.17) is 4.74 Å². The molecule has 0 aliphatic carbocycles. The molecule has 0 saturated carbocycles. The highest BCUT2D eigenvalue weighted by atomic mass is 19.1. The number of fused-ring (bicyclic) bond motifs is 1. The molecule has 5 rings (SSSR count). The van der Waals surface area contributed by atoms with E-state index in [0.29, 0.717) is 35.3 Å². The van der Waals surface area contributed by atoms with E-state index >= 15 is 0 Å². The molecule has 9 heteroatoms. The number of carbonyl (C=O) groups is 2. The zero-order chi connectivity index (χ0) is 25.6. The standard InChI is InChI=1S/C28H28FN5O3/c29-23-13-5-4-11-21(23)18-33(26(35)19-34-25-15-7-6-14-24(25)31-32-34)27(20-9-2-1-3-10-20)28(36)30-17-22-12-8-16-37-22/h1-7,9-11,13-15,22,27H,8,12,16-19H2,(H,30,36). The van der Waals surface area contributed by atoms with Gasteiger partial charge in [-0.1, -0.05) is 65.9 Å². The highest BCUT2D eigenvalue weighted by Gasteiger charge is 2.33. The number of carbonyl (C=O) groups excluding carboxylic acids is 2. The predicted octanol–water partition coefficient (Wildman–Crippen LogP) is 3.64. The molecule has 0 bridgehead atoms. The average molecular weight is 502 g/mol. The van der Waals surface area contributed by atoms with E-state index in [2.05, 4.69) is 15.6 Å². The molecule has 2 amide bonds. The van der Waals surface area contributed by atoms with Crippen LogP contribution in [0.5, 0.6) is 0 Å². The Morgan fingerprint density at radius 2 is 1.81 bits per heavy atom. The molecular weight excluding hydrogens is 473 g/mol. The molecule has 2 atom stereocenters. The fourth-order valence-electron chi connectivity index (χ4n) is 4.61. The summed E-state index contributed by atoms with van der Waals surface area (Å²) in [7, 11) is 0. The molecule has 3 aromatic carbocycles. The molecule has 1 fully saturated rings. The molecule has 2 heterocycles. The summed E-state index contributed by atoms with van der Waals surface area (Å²) in [5.41, 5.74) is 2.29. The van der Waals surface area contributed by atoms with E-state index in [1.807, 2.05) is 42.5 Å². The maximum Gasteiger partial charge on any atom is 0.247 e. The zero-order valence-corrected chi connectivity index (χ0v) is 20.3. The minimum Gasteiger partial charge on any atom is -0.376 e. The second-order valence-electron chi connectivity index (χ2n) is 9.04. The molecule has 1 aromatic heterocycles. The highest BCUT2D eigenvalue weighted by molar-refractivity contribution is 5.89. The Balaban J connectivity index is 1.49. The van der Waals surface area contributed by atoms with E-state index in [0.717, 1.165) is 12.8 Å². The van der Waals surface area contributed by atoms with Crippen LogP contribution in [0.15, 0.2) is 78.9 Å². The van der Waals surface area contributed by atoms with Gasteiger partial charge in [-0.3, -0.25) is 9.59 Å².